The molecule has 0 bridgehead atoms. The average Bonchev–Trinajstić information content (AvgIpc) is 2.83. The van der Waals surface area contributed by atoms with Crippen molar-refractivity contribution in [3.63, 3.8) is 0 Å². The Hall–Kier alpha value is -3.35. The van der Waals surface area contributed by atoms with Crippen LogP contribution in [0.25, 0.3) is 0 Å². The Morgan fingerprint density at radius 2 is 1.52 bits per heavy atom. The number of hydrogen-bond acceptors (Lipinski definition) is 4. The summed E-state index contributed by atoms with van der Waals surface area (Å²) in [7, 11) is 0. The zero-order chi connectivity index (χ0) is 30.4. The van der Waals surface area contributed by atoms with Crippen molar-refractivity contribution in [1.82, 2.24) is 10.2 Å². The van der Waals surface area contributed by atoms with E-state index in [1.54, 1.807) is 25.7 Å². The van der Waals surface area contributed by atoms with E-state index in [-0.39, 0.29) is 17.7 Å². The number of carbonyl (C=O) groups excluding carboxylic acids is 3. The van der Waals surface area contributed by atoms with Crippen molar-refractivity contribution in [2.24, 2.45) is 5.92 Å². The van der Waals surface area contributed by atoms with Crippen LogP contribution in [0.3, 0.4) is 0 Å². The average molecular weight is 552 g/mol. The van der Waals surface area contributed by atoms with Gasteiger partial charge in [-0.25, -0.2) is 4.79 Å². The third-order valence-corrected chi connectivity index (χ3v) is 7.21. The van der Waals surface area contributed by atoms with Gasteiger partial charge in [-0.1, -0.05) is 57.2 Å². The molecular weight excluding hydrogens is 502 g/mol. The predicted octanol–water partition coefficient (Wildman–Crippen LogP) is 7.25. The van der Waals surface area contributed by atoms with Crippen LogP contribution in [0.5, 0.6) is 0 Å². The topological polar surface area (TPSA) is 87.7 Å². The van der Waals surface area contributed by atoms with Gasteiger partial charge in [0.2, 0.25) is 5.91 Å². The second-order valence-corrected chi connectivity index (χ2v) is 12.8. The Labute approximate surface area is 241 Å². The number of benzene rings is 2. The normalized spacial score (nSPS) is 13.4. The van der Waals surface area contributed by atoms with E-state index in [0.717, 1.165) is 16.7 Å². The lowest BCUT2D eigenvalue weighted by Crippen LogP contribution is -2.59. The van der Waals surface area contributed by atoms with Crippen LogP contribution in [0.1, 0.15) is 96.5 Å². The minimum Gasteiger partial charge on any atom is -0.444 e. The number of ether oxygens (including phenoxy) is 1. The van der Waals surface area contributed by atoms with Gasteiger partial charge in [0, 0.05) is 11.2 Å². The lowest BCUT2D eigenvalue weighted by molar-refractivity contribution is -0.148. The Morgan fingerprint density at radius 1 is 0.900 bits per heavy atom. The highest BCUT2D eigenvalue weighted by molar-refractivity contribution is 5.99. The van der Waals surface area contributed by atoms with Crippen LogP contribution in [0.2, 0.25) is 0 Å². The van der Waals surface area contributed by atoms with E-state index in [2.05, 4.69) is 10.6 Å². The Balaban J connectivity index is 2.69. The maximum atomic E-state index is 14.6. The van der Waals surface area contributed by atoms with E-state index in [4.69, 9.17) is 4.74 Å². The SMILES string of the molecule is CCC(C)(C)N(C(=O)C(CC(C)C)NC(=O)OC(C)(C)C)C(C(=O)Nc1ccccc1C)c1ccc(C)c(C)c1. The summed E-state index contributed by atoms with van der Waals surface area (Å²) >= 11 is 0. The molecule has 2 atom stereocenters. The van der Waals surface area contributed by atoms with Crippen molar-refractivity contribution in [3.8, 4) is 0 Å². The highest BCUT2D eigenvalue weighted by Gasteiger charge is 2.43. The summed E-state index contributed by atoms with van der Waals surface area (Å²) in [5.41, 5.74) is 3.02. The lowest BCUT2D eigenvalue weighted by atomic mass is 9.90. The van der Waals surface area contributed by atoms with Gasteiger partial charge in [-0.15, -0.1) is 0 Å². The number of alkyl carbamates (subject to hydrolysis) is 1. The van der Waals surface area contributed by atoms with Crippen molar-refractivity contribution in [2.45, 2.75) is 112 Å². The summed E-state index contributed by atoms with van der Waals surface area (Å²) in [6.07, 6.45) is 0.333. The maximum absolute atomic E-state index is 14.6. The number of anilines is 1. The standard InChI is InChI=1S/C33H49N3O4/c1-12-33(10,11)36(30(38)27(19-21(2)3)35-31(39)40-32(7,8)9)28(25-18-17-22(4)24(6)20-25)29(37)34-26-16-14-13-15-23(26)5/h13-18,20-21,27-28H,12,19H2,1-11H3,(H,34,37)(H,35,39). The predicted molar refractivity (Wildman–Crippen MR) is 162 cm³/mol. The zero-order valence-corrected chi connectivity index (χ0v) is 26.3. The maximum Gasteiger partial charge on any atom is 0.408 e. The quantitative estimate of drug-likeness (QED) is 0.326. The smallest absolute Gasteiger partial charge is 0.408 e. The second-order valence-electron chi connectivity index (χ2n) is 12.8. The molecule has 2 aromatic rings. The third-order valence-electron chi connectivity index (χ3n) is 7.21. The minimum absolute atomic E-state index is 0.108. The number of para-hydroxylation sites is 1. The molecule has 0 saturated carbocycles. The van der Waals surface area contributed by atoms with Gasteiger partial charge in [-0.05, 0) is 102 Å². The molecule has 0 radical (unpaired) electrons. The molecule has 0 aliphatic rings. The zero-order valence-electron chi connectivity index (χ0n) is 26.3. The Morgan fingerprint density at radius 3 is 2.05 bits per heavy atom. The first-order chi connectivity index (χ1) is 18.5. The summed E-state index contributed by atoms with van der Waals surface area (Å²) in [5.74, 6) is -0.529. The van der Waals surface area contributed by atoms with Gasteiger partial charge < -0.3 is 20.3 Å². The number of hydrogen-bond donors (Lipinski definition) is 2. The van der Waals surface area contributed by atoms with Gasteiger partial charge in [0.1, 0.15) is 17.7 Å². The number of aryl methyl sites for hydroxylation is 3. The van der Waals surface area contributed by atoms with E-state index in [1.807, 2.05) is 97.9 Å². The van der Waals surface area contributed by atoms with Crippen molar-refractivity contribution >= 4 is 23.6 Å². The second kappa shape index (κ2) is 13.3. The summed E-state index contributed by atoms with van der Waals surface area (Å²) in [5, 5.41) is 5.90. The Kier molecular flexibility index (Phi) is 11.0. The van der Waals surface area contributed by atoms with Gasteiger partial charge in [0.15, 0.2) is 0 Å². The van der Waals surface area contributed by atoms with E-state index in [0.29, 0.717) is 24.1 Å². The third kappa shape index (κ3) is 8.83. The fourth-order valence-corrected chi connectivity index (χ4v) is 4.52. The van der Waals surface area contributed by atoms with Crippen molar-refractivity contribution in [1.29, 1.82) is 0 Å². The molecule has 40 heavy (non-hydrogen) atoms. The monoisotopic (exact) mass is 551 g/mol. The van der Waals surface area contributed by atoms with E-state index in [1.165, 1.54) is 0 Å². The number of amides is 3. The molecule has 2 N–H and O–H groups in total. The highest BCUT2D eigenvalue weighted by atomic mass is 16.6. The van der Waals surface area contributed by atoms with Crippen LogP contribution < -0.4 is 10.6 Å². The summed E-state index contributed by atoms with van der Waals surface area (Å²) in [6.45, 7) is 21.2. The van der Waals surface area contributed by atoms with Crippen LogP contribution >= 0.6 is 0 Å². The van der Waals surface area contributed by atoms with Gasteiger partial charge in [-0.3, -0.25) is 9.59 Å². The molecule has 7 heteroatoms. The van der Waals surface area contributed by atoms with Crippen LogP contribution in [0.4, 0.5) is 10.5 Å². The summed E-state index contributed by atoms with van der Waals surface area (Å²) in [4.78, 5) is 43.3. The van der Waals surface area contributed by atoms with Crippen molar-refractivity contribution in [2.75, 3.05) is 5.32 Å². The van der Waals surface area contributed by atoms with Gasteiger partial charge >= 0.3 is 6.09 Å². The first-order valence-corrected chi connectivity index (χ1v) is 14.2. The molecule has 0 aliphatic heterocycles. The lowest BCUT2D eigenvalue weighted by Gasteiger charge is -2.45. The largest absolute Gasteiger partial charge is 0.444 e. The number of nitrogens with one attached hydrogen (secondary N) is 2. The van der Waals surface area contributed by atoms with Crippen LogP contribution in [-0.4, -0.2) is 40.0 Å². The molecule has 0 heterocycles. The van der Waals surface area contributed by atoms with E-state index < -0.39 is 29.3 Å². The molecule has 0 aliphatic carbocycles. The number of nitrogens with zero attached hydrogens (tertiary/aromatic N) is 1. The van der Waals surface area contributed by atoms with Crippen molar-refractivity contribution < 1.29 is 19.1 Å². The summed E-state index contributed by atoms with van der Waals surface area (Å²) < 4.78 is 5.51. The molecule has 2 unspecified atom stereocenters. The van der Waals surface area contributed by atoms with Gasteiger partial charge in [-0.2, -0.15) is 0 Å². The van der Waals surface area contributed by atoms with Gasteiger partial charge in [0.25, 0.3) is 5.91 Å². The van der Waals surface area contributed by atoms with E-state index >= 15 is 0 Å². The molecule has 2 rings (SSSR count). The molecule has 0 fully saturated rings. The summed E-state index contributed by atoms with van der Waals surface area (Å²) in [6, 6.07) is 11.6. The molecule has 2 aromatic carbocycles. The molecule has 220 valence electrons. The Bertz CT molecular complexity index is 1200. The van der Waals surface area contributed by atoms with Crippen LogP contribution in [-0.2, 0) is 14.3 Å². The molecule has 0 spiro atoms. The molecular formula is C33H49N3O4. The fraction of sp³-hybridized carbons (Fsp3) is 0.545. The first kappa shape index (κ1) is 32.9. The number of carbonyl (C=O) groups is 3. The van der Waals surface area contributed by atoms with Crippen LogP contribution in [0, 0.1) is 26.7 Å². The molecule has 0 aromatic heterocycles. The number of rotatable bonds is 10. The van der Waals surface area contributed by atoms with Crippen LogP contribution in [0.15, 0.2) is 42.5 Å². The molecule has 0 saturated heterocycles. The first-order valence-electron chi connectivity index (χ1n) is 14.2. The molecule has 7 nitrogen and oxygen atoms in total. The fourth-order valence-electron chi connectivity index (χ4n) is 4.52. The van der Waals surface area contributed by atoms with E-state index in [9.17, 15) is 14.4 Å². The van der Waals surface area contributed by atoms with Crippen molar-refractivity contribution in [3.05, 3.63) is 64.7 Å². The van der Waals surface area contributed by atoms with Gasteiger partial charge in [0.05, 0.1) is 0 Å². The minimum atomic E-state index is -0.934. The highest BCUT2D eigenvalue weighted by Crippen LogP contribution is 2.34. The molecule has 3 amide bonds.